The minimum absolute atomic E-state index is 0.0264. The largest absolute Gasteiger partial charge is 0.392 e. The average Bonchev–Trinajstić information content (AvgIpc) is 3.11. The maximum Gasteiger partial charge on any atom is 0.230 e. The monoisotopic (exact) mass is 401 g/mol. The molecule has 1 saturated carbocycles. The van der Waals surface area contributed by atoms with Crippen LogP contribution in [0.4, 0.5) is 0 Å². The van der Waals surface area contributed by atoms with E-state index in [0.717, 1.165) is 17.5 Å². The number of ketones is 1. The number of hydrogen-bond acceptors (Lipinski definition) is 3. The van der Waals surface area contributed by atoms with Crippen LogP contribution in [0.15, 0.2) is 54.6 Å². The van der Waals surface area contributed by atoms with Gasteiger partial charge in [-0.25, -0.2) is 6.57 Å². The molecule has 2 aromatic carbocycles. The number of aryl methyl sites for hydroxylation is 1. The van der Waals surface area contributed by atoms with Gasteiger partial charge in [-0.15, -0.1) is 5.92 Å². The number of hydrogen-bond donors (Lipinski definition) is 1. The van der Waals surface area contributed by atoms with Gasteiger partial charge in [0.25, 0.3) is 0 Å². The van der Waals surface area contributed by atoms with E-state index in [1.165, 1.54) is 0 Å². The Morgan fingerprint density at radius 2 is 1.90 bits per heavy atom. The first-order chi connectivity index (χ1) is 14.6. The summed E-state index contributed by atoms with van der Waals surface area (Å²) < 4.78 is 4.96. The summed E-state index contributed by atoms with van der Waals surface area (Å²) >= 11 is 0. The first-order valence-corrected chi connectivity index (χ1v) is 10.3. The van der Waals surface area contributed by atoms with Crippen molar-refractivity contribution in [1.29, 1.82) is 0 Å². The molecule has 2 unspecified atom stereocenters. The number of carbonyl (C=O) groups excluding carboxylic acids is 1. The maximum absolute atomic E-state index is 12.6. The average molecular weight is 402 g/mol. The summed E-state index contributed by atoms with van der Waals surface area (Å²) in [5.74, 6) is 5.97. The second-order valence-electron chi connectivity index (χ2n) is 7.71. The number of aliphatic hydroxyl groups excluding tert-OH is 1. The highest BCUT2D eigenvalue weighted by atomic mass is 16.5. The van der Waals surface area contributed by atoms with Crippen LogP contribution >= 0.6 is 0 Å². The molecule has 4 nitrogen and oxygen atoms in total. The molecule has 2 aromatic rings. The van der Waals surface area contributed by atoms with Crippen LogP contribution in [0, 0.1) is 24.3 Å². The third-order valence-electron chi connectivity index (χ3n) is 5.80. The van der Waals surface area contributed by atoms with E-state index in [-0.39, 0.29) is 23.7 Å². The number of carbonyl (C=O) groups is 1. The molecule has 0 spiro atoms. The van der Waals surface area contributed by atoms with Crippen molar-refractivity contribution in [3.8, 4) is 11.8 Å². The Balaban J connectivity index is 1.69. The number of ether oxygens (including phenoxy) is 1. The molecule has 154 valence electrons. The van der Waals surface area contributed by atoms with E-state index in [0.29, 0.717) is 31.4 Å². The van der Waals surface area contributed by atoms with E-state index >= 15 is 0 Å². The van der Waals surface area contributed by atoms with E-state index in [2.05, 4.69) is 16.7 Å². The highest BCUT2D eigenvalue weighted by molar-refractivity contribution is 5.96. The topological polar surface area (TPSA) is 50.9 Å². The molecule has 30 heavy (non-hydrogen) atoms. The van der Waals surface area contributed by atoms with Crippen molar-refractivity contribution in [3.05, 3.63) is 82.7 Å². The number of nitrogens with zero attached hydrogens (tertiary/aromatic N) is 1. The number of methoxy groups -OCH3 is 1. The lowest BCUT2D eigenvalue weighted by atomic mass is 9.84. The van der Waals surface area contributed by atoms with Crippen LogP contribution in [0.25, 0.3) is 4.85 Å². The van der Waals surface area contributed by atoms with Gasteiger partial charge in [0.15, 0.2) is 5.78 Å². The molecule has 1 aliphatic rings. The van der Waals surface area contributed by atoms with Gasteiger partial charge in [0.1, 0.15) is 6.61 Å². The number of rotatable bonds is 7. The molecule has 0 bridgehead atoms. The first-order valence-electron chi connectivity index (χ1n) is 10.3. The van der Waals surface area contributed by atoms with Crippen molar-refractivity contribution < 1.29 is 14.6 Å². The van der Waals surface area contributed by atoms with Crippen LogP contribution < -0.4 is 0 Å². The Bertz CT molecular complexity index is 934. The molecule has 0 amide bonds. The third kappa shape index (κ3) is 5.36. The van der Waals surface area contributed by atoms with Crippen LogP contribution in [0.1, 0.15) is 46.7 Å². The molecule has 0 heterocycles. The van der Waals surface area contributed by atoms with E-state index in [9.17, 15) is 9.90 Å². The molecule has 0 aliphatic heterocycles. The van der Waals surface area contributed by atoms with Gasteiger partial charge in [0.05, 0.1) is 12.0 Å². The lowest BCUT2D eigenvalue weighted by Crippen LogP contribution is -2.19. The van der Waals surface area contributed by atoms with Crippen molar-refractivity contribution in [3.63, 3.8) is 0 Å². The summed E-state index contributed by atoms with van der Waals surface area (Å²) in [6, 6.07) is 17.3. The van der Waals surface area contributed by atoms with Gasteiger partial charge in [-0.05, 0) is 17.5 Å². The molecule has 0 aromatic heterocycles. The quantitative estimate of drug-likeness (QED) is 0.428. The van der Waals surface area contributed by atoms with Crippen molar-refractivity contribution in [1.82, 2.24) is 0 Å². The molecule has 3 rings (SSSR count). The molecule has 4 heteroatoms. The van der Waals surface area contributed by atoms with Crippen molar-refractivity contribution in [2.45, 2.75) is 43.7 Å². The van der Waals surface area contributed by atoms with Crippen LogP contribution in [-0.2, 0) is 11.2 Å². The normalized spacial score (nSPS) is 22.7. The maximum atomic E-state index is 12.6. The SMILES string of the molecule is [C-]#[N+][C@@H]1C[C@@H](O)C(c2ccc(C(=O)CCc3ccccc3)cc2)C1CC#CCOC. The van der Waals surface area contributed by atoms with Crippen LogP contribution in [0.3, 0.4) is 0 Å². The Morgan fingerprint density at radius 3 is 2.57 bits per heavy atom. The lowest BCUT2D eigenvalue weighted by molar-refractivity contribution is 0.0983. The molecular weight excluding hydrogens is 374 g/mol. The minimum atomic E-state index is -0.571. The summed E-state index contributed by atoms with van der Waals surface area (Å²) in [7, 11) is 1.60. The van der Waals surface area contributed by atoms with E-state index in [1.54, 1.807) is 7.11 Å². The van der Waals surface area contributed by atoms with Gasteiger partial charge in [-0.1, -0.05) is 60.5 Å². The van der Waals surface area contributed by atoms with Gasteiger partial charge in [-0.3, -0.25) is 4.79 Å². The smallest absolute Gasteiger partial charge is 0.230 e. The summed E-state index contributed by atoms with van der Waals surface area (Å²) in [5.41, 5.74) is 2.80. The van der Waals surface area contributed by atoms with Crippen molar-refractivity contribution >= 4 is 5.78 Å². The zero-order valence-corrected chi connectivity index (χ0v) is 17.3. The lowest BCUT2D eigenvalue weighted by Gasteiger charge is -2.20. The van der Waals surface area contributed by atoms with Gasteiger partial charge in [-0.2, -0.15) is 0 Å². The molecular formula is C26H27NO3. The number of benzene rings is 2. The van der Waals surface area contributed by atoms with Gasteiger partial charge >= 0.3 is 0 Å². The fourth-order valence-electron chi connectivity index (χ4n) is 4.23. The molecule has 1 aliphatic carbocycles. The summed E-state index contributed by atoms with van der Waals surface area (Å²) in [4.78, 5) is 16.3. The van der Waals surface area contributed by atoms with E-state index in [1.807, 2.05) is 54.6 Å². The standard InChI is InChI=1S/C26H27NO3/c1-27-23-18-25(29)26(22(23)10-6-7-17-30-2)21-14-12-20(13-15-21)24(28)16-11-19-8-4-3-5-9-19/h3-5,8-9,12-15,22-23,25-26,29H,10-11,16-18H2,2H3/t22?,23-,25-,26?/m1/s1. The first kappa shape index (κ1) is 21.8. The van der Waals surface area contributed by atoms with Gasteiger partial charge in [0.2, 0.25) is 6.04 Å². The second-order valence-corrected chi connectivity index (χ2v) is 7.71. The predicted molar refractivity (Wildman–Crippen MR) is 117 cm³/mol. The minimum Gasteiger partial charge on any atom is -0.392 e. The van der Waals surface area contributed by atoms with E-state index < -0.39 is 6.10 Å². The zero-order chi connectivity index (χ0) is 21.3. The van der Waals surface area contributed by atoms with Crippen LogP contribution in [0.5, 0.6) is 0 Å². The Hall–Kier alpha value is -2.92. The Labute approximate surface area is 178 Å². The Morgan fingerprint density at radius 1 is 1.17 bits per heavy atom. The highest BCUT2D eigenvalue weighted by Crippen LogP contribution is 2.43. The van der Waals surface area contributed by atoms with Crippen LogP contribution in [0.2, 0.25) is 0 Å². The van der Waals surface area contributed by atoms with Crippen LogP contribution in [-0.4, -0.2) is 36.8 Å². The van der Waals surface area contributed by atoms with E-state index in [4.69, 9.17) is 11.3 Å². The third-order valence-corrected chi connectivity index (χ3v) is 5.80. The van der Waals surface area contributed by atoms with Crippen molar-refractivity contribution in [2.24, 2.45) is 5.92 Å². The second kappa shape index (κ2) is 10.7. The predicted octanol–water partition coefficient (Wildman–Crippen LogP) is 4.29. The summed E-state index contributed by atoms with van der Waals surface area (Å²) in [6.45, 7) is 7.86. The molecule has 0 radical (unpaired) electrons. The molecule has 1 N–H and O–H groups in total. The fraction of sp³-hybridized carbons (Fsp3) is 0.385. The fourth-order valence-corrected chi connectivity index (χ4v) is 4.23. The summed E-state index contributed by atoms with van der Waals surface area (Å²) in [5, 5.41) is 10.6. The van der Waals surface area contributed by atoms with Gasteiger partial charge in [0, 0.05) is 37.9 Å². The van der Waals surface area contributed by atoms with Crippen molar-refractivity contribution in [2.75, 3.05) is 13.7 Å². The highest BCUT2D eigenvalue weighted by Gasteiger charge is 2.46. The molecule has 4 atom stereocenters. The summed E-state index contributed by atoms with van der Waals surface area (Å²) in [6.07, 6.45) is 1.63. The number of aliphatic hydroxyl groups is 1. The number of Topliss-reactive ketones (excluding diaryl/α,β-unsaturated/α-hetero) is 1. The zero-order valence-electron chi connectivity index (χ0n) is 17.3. The Kier molecular flexibility index (Phi) is 7.80. The molecule has 1 fully saturated rings. The molecule has 0 saturated heterocycles. The van der Waals surface area contributed by atoms with Gasteiger partial charge < -0.3 is 14.7 Å².